The molecule has 24 heavy (non-hydrogen) atoms. The average molecular weight is 349 g/mol. The summed E-state index contributed by atoms with van der Waals surface area (Å²) in [6.45, 7) is 8.32. The van der Waals surface area contributed by atoms with Crippen molar-refractivity contribution >= 4 is 41.8 Å². The van der Waals surface area contributed by atoms with Crippen LogP contribution in [0.25, 0.3) is 0 Å². The fourth-order valence-corrected chi connectivity index (χ4v) is 2.57. The van der Waals surface area contributed by atoms with E-state index in [0.717, 1.165) is 6.42 Å². The van der Waals surface area contributed by atoms with Crippen LogP contribution in [0.3, 0.4) is 0 Å². The van der Waals surface area contributed by atoms with Crippen LogP contribution in [0.5, 0.6) is 0 Å². The van der Waals surface area contributed by atoms with Gasteiger partial charge in [-0.05, 0) is 12.3 Å². The van der Waals surface area contributed by atoms with Gasteiger partial charge in [0.1, 0.15) is 6.29 Å². The molecule has 0 amide bonds. The van der Waals surface area contributed by atoms with Gasteiger partial charge in [-0.3, -0.25) is 0 Å². The van der Waals surface area contributed by atoms with Crippen LogP contribution in [0.2, 0.25) is 0 Å². The Labute approximate surface area is 171 Å². The predicted octanol–water partition coefficient (Wildman–Crippen LogP) is 4.97. The van der Waals surface area contributed by atoms with Crippen molar-refractivity contribution in [3.8, 4) is 0 Å². The van der Waals surface area contributed by atoms with Gasteiger partial charge in [-0.15, -0.1) is 0 Å². The Morgan fingerprint density at radius 2 is 1.50 bits per heavy atom. The van der Waals surface area contributed by atoms with Crippen LogP contribution in [0.1, 0.15) is 90.9 Å². The van der Waals surface area contributed by atoms with Crippen molar-refractivity contribution < 1.29 is 14.3 Å². The number of aldehydes is 1. The van der Waals surface area contributed by atoms with Gasteiger partial charge in [0.05, 0.1) is 6.61 Å². The third kappa shape index (κ3) is 16.7. The summed E-state index contributed by atoms with van der Waals surface area (Å²) in [6, 6.07) is 0. The topological polar surface area (TPSA) is 43.4 Å². The molecule has 0 bridgehead atoms. The molecular formula is C20H37NaO3. The molecule has 0 N–H and O–H groups in total. The van der Waals surface area contributed by atoms with Gasteiger partial charge in [0.15, 0.2) is 0 Å². The monoisotopic (exact) mass is 348 g/mol. The molecule has 0 aromatic carbocycles. The molecule has 0 saturated carbocycles. The van der Waals surface area contributed by atoms with Crippen LogP contribution >= 0.6 is 0 Å². The normalized spacial score (nSPS) is 11.4. The maximum atomic E-state index is 11.5. The van der Waals surface area contributed by atoms with E-state index < -0.39 is 5.97 Å². The Morgan fingerprint density at radius 1 is 1.00 bits per heavy atom. The molecule has 0 aromatic heterocycles. The SMILES string of the molecule is C=C(CC=O)C(=O)OCC(C)CCCCCCCCCCCC.[NaH]. The quantitative estimate of drug-likeness (QED) is 0.130. The number of hydrogen-bond donors (Lipinski definition) is 0. The number of carbonyl (C=O) groups excluding carboxylic acids is 2. The molecule has 0 heterocycles. The average Bonchev–Trinajstić information content (AvgIpc) is 2.54. The molecule has 0 aliphatic heterocycles. The second-order valence-electron chi connectivity index (χ2n) is 6.65. The van der Waals surface area contributed by atoms with Crippen LogP contribution in [0.4, 0.5) is 0 Å². The second kappa shape index (κ2) is 19.2. The van der Waals surface area contributed by atoms with Gasteiger partial charge in [0.2, 0.25) is 0 Å². The molecule has 0 aromatic rings. The molecule has 0 fully saturated rings. The van der Waals surface area contributed by atoms with Crippen LogP contribution < -0.4 is 0 Å². The van der Waals surface area contributed by atoms with Crippen molar-refractivity contribution in [2.24, 2.45) is 5.92 Å². The van der Waals surface area contributed by atoms with E-state index in [9.17, 15) is 9.59 Å². The Morgan fingerprint density at radius 3 is 2.00 bits per heavy atom. The molecule has 0 rings (SSSR count). The zero-order valence-corrected chi connectivity index (χ0v) is 15.3. The van der Waals surface area contributed by atoms with Gasteiger partial charge in [-0.25, -0.2) is 4.79 Å². The van der Waals surface area contributed by atoms with Crippen LogP contribution in [-0.4, -0.2) is 48.4 Å². The predicted molar refractivity (Wildman–Crippen MR) is 104 cm³/mol. The number of rotatable bonds is 16. The Kier molecular flexibility index (Phi) is 20.9. The van der Waals surface area contributed by atoms with Crippen molar-refractivity contribution in [3.05, 3.63) is 12.2 Å². The second-order valence-corrected chi connectivity index (χ2v) is 6.65. The van der Waals surface area contributed by atoms with Crippen molar-refractivity contribution in [1.82, 2.24) is 0 Å². The first-order valence-electron chi connectivity index (χ1n) is 9.40. The molecule has 4 heteroatoms. The van der Waals surface area contributed by atoms with Crippen LogP contribution in [0, 0.1) is 5.92 Å². The molecule has 3 nitrogen and oxygen atoms in total. The van der Waals surface area contributed by atoms with Crippen LogP contribution in [0.15, 0.2) is 12.2 Å². The number of ether oxygens (including phenoxy) is 1. The molecule has 1 unspecified atom stereocenters. The van der Waals surface area contributed by atoms with Crippen molar-refractivity contribution in [2.45, 2.75) is 90.9 Å². The van der Waals surface area contributed by atoms with Crippen molar-refractivity contribution in [2.75, 3.05) is 6.61 Å². The van der Waals surface area contributed by atoms with Gasteiger partial charge in [0, 0.05) is 12.0 Å². The first kappa shape index (κ1) is 26.1. The molecule has 0 spiro atoms. The van der Waals surface area contributed by atoms with E-state index in [4.69, 9.17) is 4.74 Å². The van der Waals surface area contributed by atoms with Gasteiger partial charge in [-0.1, -0.05) is 84.6 Å². The molecule has 0 aliphatic carbocycles. The fraction of sp³-hybridized carbons (Fsp3) is 0.800. The molecule has 1 atom stereocenters. The van der Waals surface area contributed by atoms with E-state index in [1.807, 2.05) is 0 Å². The van der Waals surface area contributed by atoms with E-state index in [2.05, 4.69) is 20.4 Å². The summed E-state index contributed by atoms with van der Waals surface area (Å²) in [6.07, 6.45) is 15.2. The van der Waals surface area contributed by atoms with Crippen molar-refractivity contribution in [1.29, 1.82) is 0 Å². The minimum absolute atomic E-state index is 0. The fourth-order valence-electron chi connectivity index (χ4n) is 2.57. The zero-order valence-electron chi connectivity index (χ0n) is 15.3. The molecule has 136 valence electrons. The number of hydrogen-bond acceptors (Lipinski definition) is 3. The summed E-state index contributed by atoms with van der Waals surface area (Å²) < 4.78 is 5.16. The standard InChI is InChI=1S/C20H36O3.Na.H/c1-4-5-6-7-8-9-10-11-12-13-14-18(2)17-23-20(22)19(3)15-16-21;;/h16,18H,3-15,17H2,1-2H3;;. The minimum atomic E-state index is -0.438. The molecule has 0 aliphatic rings. The summed E-state index contributed by atoms with van der Waals surface area (Å²) >= 11 is 0. The Hall–Kier alpha value is -0.120. The van der Waals surface area contributed by atoms with E-state index in [1.54, 1.807) is 0 Å². The maximum absolute atomic E-state index is 11.5. The summed E-state index contributed by atoms with van der Waals surface area (Å²) in [5.74, 6) is -0.0657. The summed E-state index contributed by atoms with van der Waals surface area (Å²) in [5, 5.41) is 0. The third-order valence-electron chi connectivity index (χ3n) is 4.17. The van der Waals surface area contributed by atoms with E-state index in [1.165, 1.54) is 64.2 Å². The molecule has 0 saturated heterocycles. The van der Waals surface area contributed by atoms with E-state index >= 15 is 0 Å². The number of unbranched alkanes of at least 4 members (excludes halogenated alkanes) is 9. The first-order chi connectivity index (χ1) is 11.1. The van der Waals surface area contributed by atoms with Gasteiger partial charge in [0.25, 0.3) is 0 Å². The zero-order chi connectivity index (χ0) is 17.3. The van der Waals surface area contributed by atoms with Crippen LogP contribution in [-0.2, 0) is 14.3 Å². The summed E-state index contributed by atoms with van der Waals surface area (Å²) in [4.78, 5) is 21.8. The third-order valence-corrected chi connectivity index (χ3v) is 4.17. The summed E-state index contributed by atoms with van der Waals surface area (Å²) in [7, 11) is 0. The van der Waals surface area contributed by atoms with E-state index in [0.29, 0.717) is 18.8 Å². The van der Waals surface area contributed by atoms with Crippen molar-refractivity contribution in [3.63, 3.8) is 0 Å². The molecular weight excluding hydrogens is 311 g/mol. The van der Waals surface area contributed by atoms with Gasteiger partial charge < -0.3 is 9.53 Å². The van der Waals surface area contributed by atoms with Gasteiger partial charge >= 0.3 is 35.5 Å². The number of esters is 1. The van der Waals surface area contributed by atoms with Gasteiger partial charge in [-0.2, -0.15) is 0 Å². The van der Waals surface area contributed by atoms with E-state index in [-0.39, 0.29) is 41.6 Å². The molecule has 0 radical (unpaired) electrons. The number of carbonyl (C=O) groups is 2. The Bertz CT molecular complexity index is 329. The Balaban J connectivity index is 0. The summed E-state index contributed by atoms with van der Waals surface area (Å²) in [5.41, 5.74) is 0.242. The first-order valence-corrected chi connectivity index (χ1v) is 9.40.